The summed E-state index contributed by atoms with van der Waals surface area (Å²) in [6, 6.07) is 0. The van der Waals surface area contributed by atoms with Crippen molar-refractivity contribution in [1.82, 2.24) is 14.9 Å². The summed E-state index contributed by atoms with van der Waals surface area (Å²) in [4.78, 5) is 11.1. The maximum Gasteiger partial charge on any atom is 0.284 e. The van der Waals surface area contributed by atoms with Gasteiger partial charge in [-0.3, -0.25) is 0 Å². The zero-order valence-corrected chi connectivity index (χ0v) is 12.5. The fraction of sp³-hybridized carbons (Fsp3) is 1.00. The summed E-state index contributed by atoms with van der Waals surface area (Å²) in [6.45, 7) is 17.6. The van der Waals surface area contributed by atoms with Gasteiger partial charge in [0.1, 0.15) is 0 Å². The van der Waals surface area contributed by atoms with Gasteiger partial charge < -0.3 is 14.9 Å². The molecule has 0 heterocycles. The van der Waals surface area contributed by atoms with Crippen LogP contribution in [-0.2, 0) is 0 Å². The molecule has 0 atom stereocenters. The summed E-state index contributed by atoms with van der Waals surface area (Å²) < 4.78 is 0. The van der Waals surface area contributed by atoms with Gasteiger partial charge in [0.05, 0.1) is 0 Å². The Morgan fingerprint density at radius 3 is 1.60 bits per heavy atom. The van der Waals surface area contributed by atoms with Gasteiger partial charge >= 0.3 is 0 Å². The van der Waals surface area contributed by atoms with Crippen LogP contribution in [0.5, 0.6) is 0 Å². The van der Waals surface area contributed by atoms with Gasteiger partial charge in [-0.1, -0.05) is 27.7 Å². The average Bonchev–Trinajstić information content (AvgIpc) is 2.01. The Balaban J connectivity index is 4.77. The summed E-state index contributed by atoms with van der Waals surface area (Å²) >= 11 is 0. The lowest BCUT2D eigenvalue weighted by molar-refractivity contribution is 0.486. The van der Waals surface area contributed by atoms with E-state index in [4.69, 9.17) is 0 Å². The van der Waals surface area contributed by atoms with Crippen LogP contribution in [0.25, 0.3) is 0 Å². The van der Waals surface area contributed by atoms with E-state index in [0.29, 0.717) is 5.54 Å². The molecule has 0 aromatic carbocycles. The van der Waals surface area contributed by atoms with Gasteiger partial charge in [-0.2, -0.15) is 0 Å². The topological polar surface area (TPSA) is 36.1 Å². The molecule has 0 saturated heterocycles. The second-order valence-electron chi connectivity index (χ2n) is 5.40. The summed E-state index contributed by atoms with van der Waals surface area (Å²) in [5, 5.41) is 0. The molecule has 0 fully saturated rings. The highest BCUT2D eigenvalue weighted by Gasteiger charge is 2.39. The molecule has 3 N–H and O–H groups in total. The molecule has 0 aromatic heterocycles. The predicted octanol–water partition coefficient (Wildman–Crippen LogP) is 1.94. The zero-order chi connectivity index (χ0) is 12.1. The van der Waals surface area contributed by atoms with Gasteiger partial charge in [0.15, 0.2) is 0 Å². The first-order chi connectivity index (χ1) is 6.77. The van der Waals surface area contributed by atoms with Crippen molar-refractivity contribution in [2.24, 2.45) is 0 Å². The number of hydrogen-bond acceptors (Lipinski definition) is 3. The summed E-state index contributed by atoms with van der Waals surface area (Å²) in [6.07, 6.45) is 0. The van der Waals surface area contributed by atoms with Gasteiger partial charge in [0.2, 0.25) is 0 Å². The van der Waals surface area contributed by atoms with E-state index in [1.54, 1.807) is 0 Å². The van der Waals surface area contributed by atoms with E-state index in [1.165, 1.54) is 0 Å². The summed E-state index contributed by atoms with van der Waals surface area (Å²) in [7, 11) is -1.76. The van der Waals surface area contributed by atoms with Gasteiger partial charge in [-0.25, -0.2) is 0 Å². The first kappa shape index (κ1) is 15.1. The number of rotatable bonds is 6. The lowest BCUT2D eigenvalue weighted by atomic mass is 10.1. The molecule has 0 spiro atoms. The third-order valence-corrected chi connectivity index (χ3v) is 7.05. The third kappa shape index (κ3) is 5.11. The maximum atomic E-state index is 3.79. The van der Waals surface area contributed by atoms with E-state index < -0.39 is 8.56 Å². The average molecular weight is 231 g/mol. The number of nitrogens with one attached hydrogen (secondary N) is 3. The van der Waals surface area contributed by atoms with Crippen LogP contribution >= 0.6 is 0 Å². The van der Waals surface area contributed by atoms with Crippen LogP contribution in [0.2, 0.25) is 5.54 Å². The highest BCUT2D eigenvalue weighted by atomic mass is 28.4. The van der Waals surface area contributed by atoms with Crippen LogP contribution < -0.4 is 14.9 Å². The minimum absolute atomic E-state index is 0.154. The SMILES string of the molecule is CCN[Si](NCC)(NC(C)(C)C)C(C)C. The zero-order valence-electron chi connectivity index (χ0n) is 11.5. The Morgan fingerprint density at radius 2 is 1.40 bits per heavy atom. The molecule has 0 radical (unpaired) electrons. The van der Waals surface area contributed by atoms with Crippen molar-refractivity contribution < 1.29 is 0 Å². The summed E-state index contributed by atoms with van der Waals surface area (Å²) in [5.74, 6) is 0. The fourth-order valence-corrected chi connectivity index (χ4v) is 5.56. The number of hydrogen-bond donors (Lipinski definition) is 3. The van der Waals surface area contributed by atoms with Crippen LogP contribution in [0.15, 0.2) is 0 Å². The quantitative estimate of drug-likeness (QED) is 0.612. The Kier molecular flexibility index (Phi) is 6.03. The molecule has 0 aliphatic carbocycles. The molecular formula is C11H29N3Si. The molecule has 4 heteroatoms. The molecule has 0 saturated carbocycles. The normalized spacial score (nSPS) is 13.6. The minimum atomic E-state index is -1.76. The molecule has 15 heavy (non-hydrogen) atoms. The van der Waals surface area contributed by atoms with Crippen molar-refractivity contribution in [1.29, 1.82) is 0 Å². The van der Waals surface area contributed by atoms with E-state index in [-0.39, 0.29) is 5.54 Å². The lowest BCUT2D eigenvalue weighted by Gasteiger charge is -2.41. The fourth-order valence-electron chi connectivity index (χ4n) is 1.85. The summed E-state index contributed by atoms with van der Waals surface area (Å²) in [5.41, 5.74) is 0.775. The Morgan fingerprint density at radius 1 is 1.00 bits per heavy atom. The molecular weight excluding hydrogens is 202 g/mol. The molecule has 0 aliphatic heterocycles. The van der Waals surface area contributed by atoms with Crippen molar-refractivity contribution >= 4 is 8.56 Å². The van der Waals surface area contributed by atoms with Crippen LogP contribution in [-0.4, -0.2) is 27.2 Å². The Labute approximate surface area is 96.7 Å². The highest BCUT2D eigenvalue weighted by Crippen LogP contribution is 2.15. The highest BCUT2D eigenvalue weighted by molar-refractivity contribution is 6.74. The van der Waals surface area contributed by atoms with Crippen molar-refractivity contribution in [2.45, 2.75) is 59.5 Å². The molecule has 0 unspecified atom stereocenters. The Hall–Kier alpha value is 0.0969. The van der Waals surface area contributed by atoms with Crippen LogP contribution in [0, 0.1) is 0 Å². The Bertz CT molecular complexity index is 169. The van der Waals surface area contributed by atoms with Gasteiger partial charge in [0.25, 0.3) is 8.56 Å². The molecule has 0 amide bonds. The van der Waals surface area contributed by atoms with Gasteiger partial charge in [-0.05, 0) is 39.4 Å². The largest absolute Gasteiger partial charge is 0.313 e. The van der Waals surface area contributed by atoms with Gasteiger partial charge in [-0.15, -0.1) is 0 Å². The second-order valence-corrected chi connectivity index (χ2v) is 9.13. The van der Waals surface area contributed by atoms with Crippen molar-refractivity contribution in [2.75, 3.05) is 13.1 Å². The smallest absolute Gasteiger partial charge is 0.284 e. The molecule has 3 nitrogen and oxygen atoms in total. The van der Waals surface area contributed by atoms with Crippen LogP contribution in [0.1, 0.15) is 48.5 Å². The molecule has 0 aromatic rings. The predicted molar refractivity (Wildman–Crippen MR) is 71.1 cm³/mol. The molecule has 0 rings (SSSR count). The van der Waals surface area contributed by atoms with Crippen molar-refractivity contribution in [3.63, 3.8) is 0 Å². The van der Waals surface area contributed by atoms with E-state index in [0.717, 1.165) is 13.1 Å². The van der Waals surface area contributed by atoms with Crippen LogP contribution in [0.4, 0.5) is 0 Å². The monoisotopic (exact) mass is 231 g/mol. The van der Waals surface area contributed by atoms with E-state index in [9.17, 15) is 0 Å². The second kappa shape index (κ2) is 5.99. The van der Waals surface area contributed by atoms with E-state index in [2.05, 4.69) is 63.4 Å². The van der Waals surface area contributed by atoms with Gasteiger partial charge in [0, 0.05) is 5.54 Å². The molecule has 0 aliphatic rings. The first-order valence-corrected chi connectivity index (χ1v) is 8.14. The first-order valence-electron chi connectivity index (χ1n) is 6.06. The lowest BCUT2D eigenvalue weighted by Crippen LogP contribution is -2.77. The third-order valence-electron chi connectivity index (χ3n) is 2.35. The minimum Gasteiger partial charge on any atom is -0.313 e. The van der Waals surface area contributed by atoms with Crippen LogP contribution in [0.3, 0.4) is 0 Å². The van der Waals surface area contributed by atoms with E-state index >= 15 is 0 Å². The maximum absolute atomic E-state index is 3.79. The van der Waals surface area contributed by atoms with Crippen molar-refractivity contribution in [3.05, 3.63) is 0 Å². The van der Waals surface area contributed by atoms with E-state index in [1.807, 2.05) is 0 Å². The molecule has 92 valence electrons. The molecule has 0 bridgehead atoms. The van der Waals surface area contributed by atoms with Crippen molar-refractivity contribution in [3.8, 4) is 0 Å². The standard InChI is InChI=1S/C11H29N3Si/c1-8-12-15(10(3)4,13-9-2)14-11(5,6)7/h10,12-14H,8-9H2,1-7H3.